The number of aryl methyl sites for hydroxylation is 1. The molecule has 6 heteroatoms. The van der Waals surface area contributed by atoms with Gasteiger partial charge in [0.25, 0.3) is 0 Å². The highest BCUT2D eigenvalue weighted by atomic mass is 16.5. The summed E-state index contributed by atoms with van der Waals surface area (Å²) in [5.41, 5.74) is 4.94. The first-order valence-corrected chi connectivity index (χ1v) is 18.7. The van der Waals surface area contributed by atoms with Crippen molar-refractivity contribution in [1.29, 1.82) is 0 Å². The molecule has 1 heterocycles. The molecule has 6 nitrogen and oxygen atoms in total. The van der Waals surface area contributed by atoms with Crippen LogP contribution >= 0.6 is 0 Å². The number of esters is 1. The van der Waals surface area contributed by atoms with Crippen molar-refractivity contribution in [2.45, 2.75) is 129 Å². The van der Waals surface area contributed by atoms with Crippen LogP contribution in [0.5, 0.6) is 5.75 Å². The van der Waals surface area contributed by atoms with Gasteiger partial charge < -0.3 is 19.5 Å². The normalized spacial score (nSPS) is 43.2. The zero-order chi connectivity index (χ0) is 33.6. The van der Waals surface area contributed by atoms with Crippen LogP contribution in [0, 0.1) is 58.2 Å². The minimum Gasteiger partial charge on any atom is -0.508 e. The van der Waals surface area contributed by atoms with Gasteiger partial charge in [0.05, 0.1) is 6.20 Å². The first kappa shape index (κ1) is 32.2. The number of carbonyl (C=O) groups is 1. The number of aromatic nitrogens is 1. The minimum absolute atomic E-state index is 0.104. The van der Waals surface area contributed by atoms with E-state index >= 15 is 0 Å². The molecule has 1 aromatic heterocycles. The summed E-state index contributed by atoms with van der Waals surface area (Å²) in [5, 5.41) is 24.8. The molecule has 2 N–H and O–H groups in total. The Kier molecular flexibility index (Phi) is 7.54. The molecular formula is C42H53NO5. The fraction of sp³-hybridized carbons (Fsp3) is 0.667. The van der Waals surface area contributed by atoms with Crippen molar-refractivity contribution in [3.63, 3.8) is 0 Å². The number of hydrogen-bond acceptors (Lipinski definition) is 6. The Balaban J connectivity index is 0.000000141. The van der Waals surface area contributed by atoms with Crippen molar-refractivity contribution in [2.24, 2.45) is 45.8 Å². The highest BCUT2D eigenvalue weighted by molar-refractivity contribution is 5.66. The van der Waals surface area contributed by atoms with Crippen molar-refractivity contribution < 1.29 is 24.3 Å². The monoisotopic (exact) mass is 651 g/mol. The van der Waals surface area contributed by atoms with Gasteiger partial charge >= 0.3 is 5.97 Å². The van der Waals surface area contributed by atoms with E-state index in [0.717, 1.165) is 63.5 Å². The predicted molar refractivity (Wildman–Crippen MR) is 185 cm³/mol. The molecule has 11 unspecified atom stereocenters. The Bertz CT molecular complexity index is 1680. The van der Waals surface area contributed by atoms with E-state index in [1.165, 1.54) is 49.3 Å². The van der Waals surface area contributed by atoms with E-state index in [4.69, 9.17) is 15.7 Å². The number of aromatic hydroxyl groups is 1. The number of phenolic OH excluding ortho intramolecular Hbond substituents is 1. The van der Waals surface area contributed by atoms with E-state index in [9.17, 15) is 15.0 Å². The average molecular weight is 652 g/mol. The molecule has 7 aliphatic rings. The lowest BCUT2D eigenvalue weighted by molar-refractivity contribution is -0.154. The molecular weight excluding hydrogens is 598 g/mol. The maximum absolute atomic E-state index is 11.4. The van der Waals surface area contributed by atoms with Crippen LogP contribution in [-0.2, 0) is 22.4 Å². The number of terminal acetylenes is 1. The highest BCUT2D eigenvalue weighted by Crippen LogP contribution is 2.67. The summed E-state index contributed by atoms with van der Waals surface area (Å²) in [6.45, 7) is 8.59. The second-order valence-corrected chi connectivity index (χ2v) is 17.4. The van der Waals surface area contributed by atoms with Gasteiger partial charge in [-0.05, 0) is 154 Å². The predicted octanol–water partition coefficient (Wildman–Crippen LogP) is 8.40. The van der Waals surface area contributed by atoms with Crippen LogP contribution in [0.1, 0.15) is 127 Å². The van der Waals surface area contributed by atoms with E-state index in [2.05, 4.69) is 44.0 Å². The van der Waals surface area contributed by atoms with E-state index in [0.29, 0.717) is 41.3 Å². The standard InChI is InChI=1S/C22H27NO2.C20H26O3/c1-4-22(24)10-8-18-16-6-5-15-11-19-14(13-23-25-19)12-20(15,2)17(16)7-9-21(18,22)3;1-12(21)23-19-8-7-18-17-5-3-13-11-14(22)4-6-15(13)16(17)9-10-20(18,19)2/h1,11,13,16-18,24H,5-10,12H2,2-3H3;4,6,11,16-19,22H,3,5,7-10H2,1-2H3. The Hall–Kier alpha value is -3.04. The van der Waals surface area contributed by atoms with E-state index < -0.39 is 5.60 Å². The molecule has 0 amide bonds. The third-order valence-electron chi connectivity index (χ3n) is 15.6. The topological polar surface area (TPSA) is 92.8 Å². The van der Waals surface area contributed by atoms with Gasteiger partial charge in [-0.15, -0.1) is 6.42 Å². The number of benzene rings is 1. The first-order valence-electron chi connectivity index (χ1n) is 18.7. The highest BCUT2D eigenvalue weighted by Gasteiger charge is 2.64. The second kappa shape index (κ2) is 11.2. The van der Waals surface area contributed by atoms with E-state index in [-0.39, 0.29) is 28.3 Å². The molecule has 5 saturated carbocycles. The summed E-state index contributed by atoms with van der Waals surface area (Å²) in [5.74, 6) is 7.87. The van der Waals surface area contributed by atoms with Crippen LogP contribution in [0.2, 0.25) is 0 Å². The van der Waals surface area contributed by atoms with Crippen LogP contribution in [0.4, 0.5) is 0 Å². The van der Waals surface area contributed by atoms with Gasteiger partial charge in [0.1, 0.15) is 17.5 Å². The molecule has 1 aromatic carbocycles. The van der Waals surface area contributed by atoms with Crippen molar-refractivity contribution in [2.75, 3.05) is 0 Å². The van der Waals surface area contributed by atoms with Gasteiger partial charge in [0.2, 0.25) is 0 Å². The number of carbonyl (C=O) groups excluding carboxylic acids is 1. The van der Waals surface area contributed by atoms with Gasteiger partial charge in [-0.3, -0.25) is 4.79 Å². The van der Waals surface area contributed by atoms with E-state index in [1.54, 1.807) is 5.57 Å². The SMILES string of the molecule is C#CC1(O)CCC2C3CCC4=Cc5oncc5CC4(C)C3CCC21C.CC(=O)OC1CCC2C3CCc4cc(O)ccc4C3CCC12C. The van der Waals surface area contributed by atoms with E-state index in [1.807, 2.05) is 18.3 Å². The molecule has 7 aliphatic carbocycles. The summed E-state index contributed by atoms with van der Waals surface area (Å²) in [6.07, 6.45) is 24.3. The quantitative estimate of drug-likeness (QED) is 0.238. The Morgan fingerprint density at radius 3 is 2.54 bits per heavy atom. The number of allylic oxidation sites excluding steroid dienone is 1. The third kappa shape index (κ3) is 4.62. The van der Waals surface area contributed by atoms with Crippen molar-refractivity contribution in [3.8, 4) is 18.1 Å². The summed E-state index contributed by atoms with van der Waals surface area (Å²) in [7, 11) is 0. The van der Waals surface area contributed by atoms with Gasteiger partial charge in [0, 0.05) is 23.3 Å². The Morgan fingerprint density at radius 2 is 1.75 bits per heavy atom. The largest absolute Gasteiger partial charge is 0.508 e. The third-order valence-corrected chi connectivity index (χ3v) is 15.6. The number of aliphatic hydroxyl groups is 1. The fourth-order valence-electron chi connectivity index (χ4n) is 13.1. The molecule has 0 bridgehead atoms. The summed E-state index contributed by atoms with van der Waals surface area (Å²) >= 11 is 0. The molecule has 0 spiro atoms. The zero-order valence-electron chi connectivity index (χ0n) is 29.3. The maximum atomic E-state index is 11.4. The number of fused-ring (bicyclic) bond motifs is 11. The zero-order valence-corrected chi connectivity index (χ0v) is 29.3. The Morgan fingerprint density at radius 1 is 0.958 bits per heavy atom. The van der Waals surface area contributed by atoms with Crippen LogP contribution < -0.4 is 0 Å². The lowest BCUT2D eigenvalue weighted by Crippen LogP contribution is -2.54. The van der Waals surface area contributed by atoms with Crippen LogP contribution in [-0.4, -0.2) is 33.0 Å². The molecule has 11 atom stereocenters. The molecule has 256 valence electrons. The molecule has 0 radical (unpaired) electrons. The van der Waals surface area contributed by atoms with Crippen molar-refractivity contribution in [1.82, 2.24) is 5.16 Å². The Labute approximate surface area is 286 Å². The number of hydrogen-bond donors (Lipinski definition) is 2. The lowest BCUT2D eigenvalue weighted by atomic mass is 9.46. The first-order chi connectivity index (χ1) is 22.9. The van der Waals surface area contributed by atoms with Gasteiger partial charge in [-0.1, -0.05) is 43.5 Å². The summed E-state index contributed by atoms with van der Waals surface area (Å²) in [4.78, 5) is 11.4. The van der Waals surface area contributed by atoms with Gasteiger partial charge in [-0.2, -0.15) is 0 Å². The number of phenols is 1. The van der Waals surface area contributed by atoms with Crippen molar-refractivity contribution in [3.05, 3.63) is 52.4 Å². The number of nitrogens with zero attached hydrogens (tertiary/aromatic N) is 1. The molecule has 0 aliphatic heterocycles. The fourth-order valence-corrected chi connectivity index (χ4v) is 13.1. The van der Waals surface area contributed by atoms with Crippen molar-refractivity contribution >= 4 is 12.0 Å². The average Bonchev–Trinajstić information content (AvgIpc) is 3.72. The summed E-state index contributed by atoms with van der Waals surface area (Å²) < 4.78 is 11.1. The summed E-state index contributed by atoms with van der Waals surface area (Å²) in [6, 6.07) is 5.93. The second-order valence-electron chi connectivity index (χ2n) is 17.4. The van der Waals surface area contributed by atoms with Crippen LogP contribution in [0.3, 0.4) is 0 Å². The maximum Gasteiger partial charge on any atom is 0.302 e. The van der Waals surface area contributed by atoms with Crippen LogP contribution in [0.15, 0.2) is 34.5 Å². The molecule has 48 heavy (non-hydrogen) atoms. The van der Waals surface area contributed by atoms with Gasteiger partial charge in [0.15, 0.2) is 5.76 Å². The van der Waals surface area contributed by atoms with Crippen LogP contribution in [0.25, 0.3) is 6.08 Å². The minimum atomic E-state index is -0.909. The molecule has 9 rings (SSSR count). The number of ether oxygens (including phenoxy) is 1. The smallest absolute Gasteiger partial charge is 0.302 e. The molecule has 5 fully saturated rings. The van der Waals surface area contributed by atoms with Gasteiger partial charge in [-0.25, -0.2) is 0 Å². The lowest BCUT2D eigenvalue weighted by Gasteiger charge is -2.58. The number of rotatable bonds is 1. The molecule has 0 saturated heterocycles. The molecule has 2 aromatic rings.